The zero-order valence-electron chi connectivity index (χ0n) is 9.47. The molecule has 0 amide bonds. The van der Waals surface area contributed by atoms with Crippen LogP contribution in [0.3, 0.4) is 0 Å². The summed E-state index contributed by atoms with van der Waals surface area (Å²) in [6.07, 6.45) is 6.71. The molecule has 0 aromatic carbocycles. The van der Waals surface area contributed by atoms with Crippen molar-refractivity contribution >= 4 is 23.3 Å². The van der Waals surface area contributed by atoms with E-state index in [1.807, 2.05) is 0 Å². The van der Waals surface area contributed by atoms with Gasteiger partial charge in [-0.2, -0.15) is 0 Å². The van der Waals surface area contributed by atoms with Crippen molar-refractivity contribution in [2.75, 3.05) is 23.4 Å². The predicted octanol–water partition coefficient (Wildman–Crippen LogP) is 2.08. The zero-order chi connectivity index (χ0) is 12.7. The number of nitro groups is 1. The molecule has 17 heavy (non-hydrogen) atoms. The van der Waals surface area contributed by atoms with Crippen LogP contribution in [-0.2, 0) is 0 Å². The molecule has 0 aliphatic rings. The molecule has 6 heteroatoms. The molecule has 0 aliphatic heterocycles. The maximum absolute atomic E-state index is 10.8. The van der Waals surface area contributed by atoms with Gasteiger partial charge in [0.2, 0.25) is 5.82 Å². The molecule has 1 rings (SSSR count). The van der Waals surface area contributed by atoms with Crippen molar-refractivity contribution in [3.05, 3.63) is 27.9 Å². The van der Waals surface area contributed by atoms with E-state index in [1.165, 1.54) is 6.07 Å². The largest absolute Gasteiger partial charge is 0.364 e. The molecule has 1 aromatic rings. The summed E-state index contributed by atoms with van der Waals surface area (Å²) >= 11 is 1.59. The molecule has 1 aromatic heterocycles. The molecule has 0 spiro atoms. The summed E-state index contributed by atoms with van der Waals surface area (Å²) in [5.74, 6) is 4.25. The van der Waals surface area contributed by atoms with Crippen LogP contribution in [0.15, 0.2) is 12.3 Å². The first kappa shape index (κ1) is 13.3. The second-order valence-electron chi connectivity index (χ2n) is 3.32. The molecule has 1 heterocycles. The Kier molecular flexibility index (Phi) is 5.30. The minimum atomic E-state index is -0.434. The summed E-state index contributed by atoms with van der Waals surface area (Å²) in [6.45, 7) is 2.37. The van der Waals surface area contributed by atoms with Crippen LogP contribution >= 0.6 is 11.8 Å². The lowest BCUT2D eigenvalue weighted by molar-refractivity contribution is -0.384. The minimum absolute atomic E-state index is 0.00644. The molecule has 0 bridgehead atoms. The summed E-state index contributed by atoms with van der Waals surface area (Å²) in [5, 5.41) is 13.7. The van der Waals surface area contributed by atoms with Crippen LogP contribution < -0.4 is 5.32 Å². The van der Waals surface area contributed by atoms with Gasteiger partial charge in [-0.05, 0) is 12.5 Å². The summed E-state index contributed by atoms with van der Waals surface area (Å²) in [7, 11) is 0. The first-order chi connectivity index (χ1) is 8.15. The Morgan fingerprint density at radius 3 is 3.12 bits per heavy atom. The van der Waals surface area contributed by atoms with E-state index < -0.39 is 4.92 Å². The van der Waals surface area contributed by atoms with Gasteiger partial charge in [0, 0.05) is 24.6 Å². The maximum atomic E-state index is 10.8. The highest BCUT2D eigenvalue weighted by atomic mass is 32.2. The van der Waals surface area contributed by atoms with E-state index in [-0.39, 0.29) is 5.69 Å². The molecule has 0 saturated heterocycles. The SMILES string of the molecule is C#CCSCCNc1ncc(C)cc1[N+](=O)[O-]. The summed E-state index contributed by atoms with van der Waals surface area (Å²) < 4.78 is 0. The van der Waals surface area contributed by atoms with Crippen LogP contribution in [0.25, 0.3) is 0 Å². The van der Waals surface area contributed by atoms with Crippen molar-refractivity contribution in [3.8, 4) is 12.3 Å². The number of nitrogens with one attached hydrogen (secondary N) is 1. The van der Waals surface area contributed by atoms with Gasteiger partial charge in [-0.1, -0.05) is 5.92 Å². The zero-order valence-corrected chi connectivity index (χ0v) is 10.3. The standard InChI is InChI=1S/C11H13N3O2S/c1-3-5-17-6-4-12-11-10(14(15)16)7-9(2)8-13-11/h1,7-8H,4-6H2,2H3,(H,12,13). The van der Waals surface area contributed by atoms with Gasteiger partial charge in [0.1, 0.15) is 0 Å². The van der Waals surface area contributed by atoms with Gasteiger partial charge in [0.05, 0.1) is 10.7 Å². The number of hydrogen-bond acceptors (Lipinski definition) is 5. The lowest BCUT2D eigenvalue weighted by atomic mass is 10.3. The van der Waals surface area contributed by atoms with E-state index in [4.69, 9.17) is 6.42 Å². The van der Waals surface area contributed by atoms with Gasteiger partial charge in [-0.15, -0.1) is 18.2 Å². The molecule has 5 nitrogen and oxygen atoms in total. The number of rotatable bonds is 6. The number of nitrogens with zero attached hydrogens (tertiary/aromatic N) is 2. The van der Waals surface area contributed by atoms with Gasteiger partial charge >= 0.3 is 5.69 Å². The average Bonchev–Trinajstić information content (AvgIpc) is 2.30. The highest BCUT2D eigenvalue weighted by Gasteiger charge is 2.14. The number of hydrogen-bond donors (Lipinski definition) is 1. The topological polar surface area (TPSA) is 68.1 Å². The van der Waals surface area contributed by atoms with Crippen molar-refractivity contribution in [1.29, 1.82) is 0 Å². The van der Waals surface area contributed by atoms with Gasteiger partial charge in [-0.3, -0.25) is 10.1 Å². The highest BCUT2D eigenvalue weighted by molar-refractivity contribution is 7.99. The van der Waals surface area contributed by atoms with Crippen molar-refractivity contribution in [1.82, 2.24) is 4.98 Å². The minimum Gasteiger partial charge on any atom is -0.364 e. The third kappa shape index (κ3) is 4.33. The molecule has 0 radical (unpaired) electrons. The Hall–Kier alpha value is -1.74. The average molecular weight is 251 g/mol. The van der Waals surface area contributed by atoms with Crippen molar-refractivity contribution < 1.29 is 4.92 Å². The molecule has 0 atom stereocenters. The predicted molar refractivity (Wildman–Crippen MR) is 70.3 cm³/mol. The van der Waals surface area contributed by atoms with Gasteiger partial charge < -0.3 is 5.32 Å². The smallest absolute Gasteiger partial charge is 0.311 e. The van der Waals surface area contributed by atoms with Crippen LogP contribution in [0.2, 0.25) is 0 Å². The fraction of sp³-hybridized carbons (Fsp3) is 0.364. The molecular weight excluding hydrogens is 238 g/mol. The molecule has 1 N–H and O–H groups in total. The molecule has 0 fully saturated rings. The molecule has 0 aliphatic carbocycles. The van der Waals surface area contributed by atoms with E-state index in [9.17, 15) is 10.1 Å². The Balaban J connectivity index is 2.59. The fourth-order valence-electron chi connectivity index (χ4n) is 1.20. The number of aryl methyl sites for hydroxylation is 1. The van der Waals surface area contributed by atoms with Gasteiger partial charge in [-0.25, -0.2) is 4.98 Å². The van der Waals surface area contributed by atoms with Gasteiger partial charge in [0.15, 0.2) is 0 Å². The van der Waals surface area contributed by atoms with Crippen molar-refractivity contribution in [2.24, 2.45) is 0 Å². The van der Waals surface area contributed by atoms with Gasteiger partial charge in [0.25, 0.3) is 0 Å². The second kappa shape index (κ2) is 6.76. The highest BCUT2D eigenvalue weighted by Crippen LogP contribution is 2.22. The van der Waals surface area contributed by atoms with Crippen LogP contribution in [0.4, 0.5) is 11.5 Å². The Bertz CT molecular complexity index is 443. The fourth-order valence-corrected chi connectivity index (χ4v) is 1.71. The van der Waals surface area contributed by atoms with E-state index in [2.05, 4.69) is 16.2 Å². The number of anilines is 1. The van der Waals surface area contributed by atoms with E-state index >= 15 is 0 Å². The van der Waals surface area contributed by atoms with Crippen LogP contribution in [-0.4, -0.2) is 28.0 Å². The van der Waals surface area contributed by atoms with Crippen molar-refractivity contribution in [2.45, 2.75) is 6.92 Å². The Morgan fingerprint density at radius 2 is 2.47 bits per heavy atom. The van der Waals surface area contributed by atoms with Crippen LogP contribution in [0.5, 0.6) is 0 Å². The molecule has 90 valence electrons. The lowest BCUT2D eigenvalue weighted by Gasteiger charge is -2.05. The first-order valence-electron chi connectivity index (χ1n) is 5.01. The number of pyridine rings is 1. The number of thioether (sulfide) groups is 1. The Labute approximate surface area is 104 Å². The van der Waals surface area contributed by atoms with Crippen LogP contribution in [0, 0.1) is 29.4 Å². The maximum Gasteiger partial charge on any atom is 0.311 e. The normalized spacial score (nSPS) is 9.65. The summed E-state index contributed by atoms with van der Waals surface area (Å²) in [6, 6.07) is 1.50. The van der Waals surface area contributed by atoms with Crippen molar-refractivity contribution in [3.63, 3.8) is 0 Å². The van der Waals surface area contributed by atoms with E-state index in [0.717, 1.165) is 11.3 Å². The first-order valence-corrected chi connectivity index (χ1v) is 6.16. The number of aromatic nitrogens is 1. The monoisotopic (exact) mass is 251 g/mol. The lowest BCUT2D eigenvalue weighted by Crippen LogP contribution is -2.08. The van der Waals surface area contributed by atoms with E-state index in [0.29, 0.717) is 18.1 Å². The molecule has 0 saturated carbocycles. The third-order valence-electron chi connectivity index (χ3n) is 1.93. The second-order valence-corrected chi connectivity index (χ2v) is 4.43. The van der Waals surface area contributed by atoms with Crippen LogP contribution in [0.1, 0.15) is 5.56 Å². The third-order valence-corrected chi connectivity index (χ3v) is 2.79. The Morgan fingerprint density at radius 1 is 1.71 bits per heavy atom. The van der Waals surface area contributed by atoms with E-state index in [1.54, 1.807) is 24.9 Å². The molecule has 0 unspecified atom stereocenters. The summed E-state index contributed by atoms with van der Waals surface area (Å²) in [5.41, 5.74) is 0.774. The number of terminal acetylenes is 1. The molecular formula is C11H13N3O2S. The quantitative estimate of drug-likeness (QED) is 0.363. The summed E-state index contributed by atoms with van der Waals surface area (Å²) in [4.78, 5) is 14.4.